The van der Waals surface area contributed by atoms with Gasteiger partial charge in [0.05, 0.1) is 0 Å². The number of hydrogen-bond acceptors (Lipinski definition) is 1. The van der Waals surface area contributed by atoms with Crippen LogP contribution in [0.1, 0.15) is 19.4 Å². The molecule has 0 aromatic heterocycles. The predicted molar refractivity (Wildman–Crippen MR) is 58.3 cm³/mol. The second-order valence-corrected chi connectivity index (χ2v) is 3.59. The van der Waals surface area contributed by atoms with Crippen molar-refractivity contribution < 1.29 is 0 Å². The summed E-state index contributed by atoms with van der Waals surface area (Å²) in [6.45, 7) is 4.25. The fraction of sp³-hybridized carbons (Fsp3) is 0.333. The van der Waals surface area contributed by atoms with Crippen molar-refractivity contribution in [3.8, 4) is 0 Å². The van der Waals surface area contributed by atoms with Gasteiger partial charge in [-0.1, -0.05) is 56.3 Å². The lowest BCUT2D eigenvalue weighted by atomic mass is 10.0. The quantitative estimate of drug-likeness (QED) is 0.751. The summed E-state index contributed by atoms with van der Waals surface area (Å²) in [4.78, 5) is 0. The molecule has 1 rings (SSSR count). The van der Waals surface area contributed by atoms with Crippen LogP contribution in [0, 0.1) is 5.92 Å². The van der Waals surface area contributed by atoms with Crippen LogP contribution < -0.4 is 5.73 Å². The van der Waals surface area contributed by atoms with Crippen molar-refractivity contribution in [2.24, 2.45) is 11.7 Å². The van der Waals surface area contributed by atoms with E-state index in [1.807, 2.05) is 18.2 Å². The molecule has 13 heavy (non-hydrogen) atoms. The smallest absolute Gasteiger partial charge is 0.0250 e. The Kier molecular flexibility index (Phi) is 3.71. The average molecular weight is 175 g/mol. The maximum atomic E-state index is 5.88. The normalized spacial score (nSPS) is 13.8. The predicted octanol–water partition coefficient (Wildman–Crippen LogP) is 2.68. The van der Waals surface area contributed by atoms with Crippen molar-refractivity contribution in [3.63, 3.8) is 0 Å². The summed E-state index contributed by atoms with van der Waals surface area (Å²) in [5.74, 6) is 0.500. The lowest BCUT2D eigenvalue weighted by molar-refractivity contribution is 0.572. The van der Waals surface area contributed by atoms with E-state index < -0.39 is 0 Å². The van der Waals surface area contributed by atoms with E-state index in [2.05, 4.69) is 38.1 Å². The lowest BCUT2D eigenvalue weighted by Crippen LogP contribution is -2.23. The van der Waals surface area contributed by atoms with E-state index in [-0.39, 0.29) is 6.04 Å². The summed E-state index contributed by atoms with van der Waals surface area (Å²) in [5, 5.41) is 0. The third-order valence-corrected chi connectivity index (χ3v) is 2.08. The SMILES string of the molecule is CC(C)[C@@H](N)/C=C/c1ccccc1. The summed E-state index contributed by atoms with van der Waals surface area (Å²) < 4.78 is 0. The molecule has 0 bridgehead atoms. The van der Waals surface area contributed by atoms with E-state index in [4.69, 9.17) is 5.73 Å². The van der Waals surface area contributed by atoms with Crippen LogP contribution in [0.3, 0.4) is 0 Å². The number of nitrogens with two attached hydrogens (primary N) is 1. The molecule has 0 heterocycles. The van der Waals surface area contributed by atoms with Crippen LogP contribution in [0.2, 0.25) is 0 Å². The summed E-state index contributed by atoms with van der Waals surface area (Å²) in [6.07, 6.45) is 4.13. The molecule has 0 saturated carbocycles. The topological polar surface area (TPSA) is 26.0 Å². The molecule has 0 unspecified atom stereocenters. The molecule has 1 aromatic rings. The average Bonchev–Trinajstić information content (AvgIpc) is 2.15. The van der Waals surface area contributed by atoms with E-state index in [9.17, 15) is 0 Å². The first-order chi connectivity index (χ1) is 6.20. The molecule has 1 aromatic carbocycles. The Morgan fingerprint density at radius 3 is 2.31 bits per heavy atom. The van der Waals surface area contributed by atoms with Gasteiger partial charge in [0.15, 0.2) is 0 Å². The molecule has 1 nitrogen and oxygen atoms in total. The van der Waals surface area contributed by atoms with Crippen molar-refractivity contribution in [3.05, 3.63) is 42.0 Å². The van der Waals surface area contributed by atoms with Gasteiger partial charge in [-0.15, -0.1) is 0 Å². The highest BCUT2D eigenvalue weighted by molar-refractivity contribution is 5.49. The molecular formula is C12H17N. The van der Waals surface area contributed by atoms with Gasteiger partial charge in [-0.2, -0.15) is 0 Å². The second-order valence-electron chi connectivity index (χ2n) is 3.59. The zero-order valence-electron chi connectivity index (χ0n) is 8.27. The van der Waals surface area contributed by atoms with Gasteiger partial charge < -0.3 is 5.73 Å². The largest absolute Gasteiger partial charge is 0.324 e. The Bertz CT molecular complexity index is 262. The van der Waals surface area contributed by atoms with Crippen LogP contribution in [0.25, 0.3) is 6.08 Å². The zero-order chi connectivity index (χ0) is 9.68. The van der Waals surface area contributed by atoms with Gasteiger partial charge in [-0.05, 0) is 11.5 Å². The first kappa shape index (κ1) is 10.0. The summed E-state index contributed by atoms with van der Waals surface area (Å²) in [7, 11) is 0. The molecule has 0 spiro atoms. The lowest BCUT2D eigenvalue weighted by Gasteiger charge is -2.09. The molecule has 2 N–H and O–H groups in total. The monoisotopic (exact) mass is 175 g/mol. The maximum absolute atomic E-state index is 5.88. The van der Waals surface area contributed by atoms with Crippen LogP contribution in [0.4, 0.5) is 0 Å². The van der Waals surface area contributed by atoms with Crippen LogP contribution >= 0.6 is 0 Å². The van der Waals surface area contributed by atoms with Gasteiger partial charge >= 0.3 is 0 Å². The Labute approximate surface area is 80.3 Å². The summed E-state index contributed by atoms with van der Waals surface area (Å²) in [5.41, 5.74) is 7.08. The van der Waals surface area contributed by atoms with E-state index in [1.165, 1.54) is 5.56 Å². The third kappa shape index (κ3) is 3.43. The minimum Gasteiger partial charge on any atom is -0.324 e. The van der Waals surface area contributed by atoms with Crippen molar-refractivity contribution >= 4 is 6.08 Å². The molecule has 0 aliphatic heterocycles. The molecule has 0 saturated heterocycles. The van der Waals surface area contributed by atoms with E-state index >= 15 is 0 Å². The minimum absolute atomic E-state index is 0.153. The van der Waals surface area contributed by atoms with Crippen molar-refractivity contribution in [1.82, 2.24) is 0 Å². The van der Waals surface area contributed by atoms with E-state index in [0.29, 0.717) is 5.92 Å². The molecule has 0 aliphatic carbocycles. The van der Waals surface area contributed by atoms with E-state index in [0.717, 1.165) is 0 Å². The zero-order valence-corrected chi connectivity index (χ0v) is 8.27. The number of hydrogen-bond donors (Lipinski definition) is 1. The Morgan fingerprint density at radius 1 is 1.15 bits per heavy atom. The molecule has 1 heteroatoms. The first-order valence-corrected chi connectivity index (χ1v) is 4.69. The molecular weight excluding hydrogens is 158 g/mol. The molecule has 1 atom stereocenters. The number of rotatable bonds is 3. The summed E-state index contributed by atoms with van der Waals surface area (Å²) >= 11 is 0. The van der Waals surface area contributed by atoms with Crippen LogP contribution in [0.15, 0.2) is 36.4 Å². The van der Waals surface area contributed by atoms with Gasteiger partial charge in [0, 0.05) is 6.04 Å². The van der Waals surface area contributed by atoms with Crippen LogP contribution in [-0.2, 0) is 0 Å². The third-order valence-electron chi connectivity index (χ3n) is 2.08. The highest BCUT2D eigenvalue weighted by atomic mass is 14.6. The fourth-order valence-corrected chi connectivity index (χ4v) is 1.01. The van der Waals surface area contributed by atoms with Gasteiger partial charge in [0.25, 0.3) is 0 Å². The molecule has 70 valence electrons. The second kappa shape index (κ2) is 4.83. The van der Waals surface area contributed by atoms with E-state index in [1.54, 1.807) is 0 Å². The van der Waals surface area contributed by atoms with Crippen molar-refractivity contribution in [1.29, 1.82) is 0 Å². The van der Waals surface area contributed by atoms with Gasteiger partial charge in [-0.3, -0.25) is 0 Å². The van der Waals surface area contributed by atoms with Gasteiger partial charge in [0.2, 0.25) is 0 Å². The van der Waals surface area contributed by atoms with Crippen LogP contribution in [0.5, 0.6) is 0 Å². The van der Waals surface area contributed by atoms with Crippen molar-refractivity contribution in [2.75, 3.05) is 0 Å². The maximum Gasteiger partial charge on any atom is 0.0250 e. The fourth-order valence-electron chi connectivity index (χ4n) is 1.01. The molecule has 0 amide bonds. The Morgan fingerprint density at radius 2 is 1.77 bits per heavy atom. The summed E-state index contributed by atoms with van der Waals surface area (Å²) in [6, 6.07) is 10.4. The van der Waals surface area contributed by atoms with Crippen LogP contribution in [-0.4, -0.2) is 6.04 Å². The number of benzene rings is 1. The highest BCUT2D eigenvalue weighted by Gasteiger charge is 2.01. The van der Waals surface area contributed by atoms with Gasteiger partial charge in [-0.25, -0.2) is 0 Å². The van der Waals surface area contributed by atoms with Gasteiger partial charge in [0.1, 0.15) is 0 Å². The van der Waals surface area contributed by atoms with Crippen molar-refractivity contribution in [2.45, 2.75) is 19.9 Å². The molecule has 0 fully saturated rings. The molecule has 0 aliphatic rings. The minimum atomic E-state index is 0.153. The Balaban J connectivity index is 2.59. The molecule has 0 radical (unpaired) electrons. The standard InChI is InChI=1S/C12H17N/c1-10(2)12(13)9-8-11-6-4-3-5-7-11/h3-10,12H,13H2,1-2H3/b9-8+/t12-/m0/s1. The first-order valence-electron chi connectivity index (χ1n) is 4.69. The highest BCUT2D eigenvalue weighted by Crippen LogP contribution is 2.05. The Hall–Kier alpha value is -1.08.